The highest BCUT2D eigenvalue weighted by atomic mass is 32.2. The second-order valence-corrected chi connectivity index (χ2v) is 17.2. The molecule has 0 aliphatic carbocycles. The quantitative estimate of drug-likeness (QED) is 0.0739. The van der Waals surface area contributed by atoms with Gasteiger partial charge in [-0.05, 0) is 30.2 Å². The average Bonchev–Trinajstić information content (AvgIpc) is 3.36. The molecule has 5 amide bonds. The summed E-state index contributed by atoms with van der Waals surface area (Å²) in [5.74, 6) is -3.71. The zero-order chi connectivity index (χ0) is 39.2. The van der Waals surface area contributed by atoms with Gasteiger partial charge in [0.25, 0.3) is 11.8 Å². The van der Waals surface area contributed by atoms with Crippen LogP contribution in [0.4, 0.5) is 16.2 Å². The van der Waals surface area contributed by atoms with Crippen LogP contribution in [0.2, 0.25) is 0 Å². The molecule has 12 nitrogen and oxygen atoms in total. The number of sulfone groups is 1. The maximum Gasteiger partial charge on any atom is 0.328 e. The first-order valence-corrected chi connectivity index (χ1v) is 20.6. The highest BCUT2D eigenvalue weighted by Gasteiger charge is 2.49. The van der Waals surface area contributed by atoms with E-state index >= 15 is 0 Å². The van der Waals surface area contributed by atoms with Crippen LogP contribution >= 0.6 is 0 Å². The predicted molar refractivity (Wildman–Crippen MR) is 207 cm³/mol. The van der Waals surface area contributed by atoms with Crippen LogP contribution in [-0.4, -0.2) is 79.0 Å². The lowest BCUT2D eigenvalue weighted by Crippen LogP contribution is -2.55. The van der Waals surface area contributed by atoms with Crippen LogP contribution < -0.4 is 15.4 Å². The van der Waals surface area contributed by atoms with Crippen molar-refractivity contribution in [3.8, 4) is 5.75 Å². The van der Waals surface area contributed by atoms with Crippen molar-refractivity contribution < 1.29 is 37.1 Å². The molecule has 0 saturated carbocycles. The molecule has 0 spiro atoms. The Bertz CT molecular complexity index is 1670. The fourth-order valence-electron chi connectivity index (χ4n) is 6.21. The predicted octanol–water partition coefficient (Wildman–Crippen LogP) is 6.99. The third kappa shape index (κ3) is 13.3. The summed E-state index contributed by atoms with van der Waals surface area (Å²) in [4.78, 5) is 69.5. The molecule has 2 aromatic carbocycles. The summed E-state index contributed by atoms with van der Waals surface area (Å²) in [5, 5.41) is 5.34. The number of anilines is 2. The van der Waals surface area contributed by atoms with Crippen LogP contribution in [0.15, 0.2) is 48.5 Å². The molecule has 1 fully saturated rings. The van der Waals surface area contributed by atoms with Crippen LogP contribution in [0.25, 0.3) is 0 Å². The van der Waals surface area contributed by atoms with Gasteiger partial charge in [0, 0.05) is 23.6 Å². The minimum absolute atomic E-state index is 0.0281. The van der Waals surface area contributed by atoms with Gasteiger partial charge in [0.2, 0.25) is 5.91 Å². The number of nitrogens with zero attached hydrogens (tertiary/aromatic N) is 2. The van der Waals surface area contributed by atoms with E-state index in [-0.39, 0.29) is 41.7 Å². The molecule has 0 bridgehead atoms. The van der Waals surface area contributed by atoms with E-state index in [1.807, 2.05) is 18.2 Å². The van der Waals surface area contributed by atoms with E-state index in [0.717, 1.165) is 24.8 Å². The van der Waals surface area contributed by atoms with Gasteiger partial charge in [-0.1, -0.05) is 123 Å². The third-order valence-corrected chi connectivity index (χ3v) is 11.2. The number of nitrogens with one attached hydrogen (secondary N) is 2. The lowest BCUT2D eigenvalue weighted by molar-refractivity contribution is -0.143. The van der Waals surface area contributed by atoms with Gasteiger partial charge in [-0.3, -0.25) is 19.2 Å². The van der Waals surface area contributed by atoms with Gasteiger partial charge >= 0.3 is 6.03 Å². The zero-order valence-corrected chi connectivity index (χ0v) is 33.1. The molecule has 1 aliphatic rings. The monoisotopic (exact) mass is 754 g/mol. The molecule has 3 rings (SSSR count). The summed E-state index contributed by atoms with van der Waals surface area (Å²) in [5.41, 5.74) is -0.00265. The summed E-state index contributed by atoms with van der Waals surface area (Å²) in [7, 11) is -2.09. The Kier molecular flexibility index (Phi) is 16.5. The van der Waals surface area contributed by atoms with Crippen molar-refractivity contribution >= 4 is 50.7 Å². The number of amides is 5. The molecule has 1 heterocycles. The lowest BCUT2D eigenvalue weighted by atomic mass is 9.85. The second-order valence-electron chi connectivity index (χ2n) is 15.0. The van der Waals surface area contributed by atoms with Crippen LogP contribution in [0.3, 0.4) is 0 Å². The summed E-state index contributed by atoms with van der Waals surface area (Å²) >= 11 is 0. The van der Waals surface area contributed by atoms with Gasteiger partial charge in [-0.25, -0.2) is 18.1 Å². The molecule has 53 heavy (non-hydrogen) atoms. The first-order valence-electron chi connectivity index (χ1n) is 18.8. The van der Waals surface area contributed by atoms with E-state index in [1.54, 1.807) is 39.8 Å². The van der Waals surface area contributed by atoms with E-state index in [1.165, 1.54) is 68.7 Å². The molecular formula is C40H58N4O8S. The van der Waals surface area contributed by atoms with Gasteiger partial charge in [-0.15, -0.1) is 0 Å². The number of methoxy groups -OCH3 is 1. The number of unbranched alkanes of at least 4 members (excludes halogenated alkanes) is 9. The van der Waals surface area contributed by atoms with Crippen molar-refractivity contribution in [2.75, 3.05) is 35.8 Å². The first-order chi connectivity index (χ1) is 25.1. The maximum atomic E-state index is 13.9. The van der Waals surface area contributed by atoms with Crippen molar-refractivity contribution in [3.05, 3.63) is 54.1 Å². The van der Waals surface area contributed by atoms with Crippen molar-refractivity contribution in [1.29, 1.82) is 0 Å². The molecule has 292 valence electrons. The molecule has 2 N–H and O–H groups in total. The number of rotatable bonds is 22. The number of carbonyl (C=O) groups is 5. The van der Waals surface area contributed by atoms with Crippen molar-refractivity contribution in [2.45, 2.75) is 111 Å². The van der Waals surface area contributed by atoms with Crippen LogP contribution in [0.1, 0.15) is 104 Å². The molecule has 1 aliphatic heterocycles. The van der Waals surface area contributed by atoms with E-state index in [4.69, 9.17) is 4.74 Å². The molecule has 2 atom stereocenters. The number of urea groups is 1. The standard InChI is InChI=1S/C40H58N4O8S/c1-7-8-9-10-11-12-13-14-15-19-24-53(50,51)28-29(2)37(47)41-31-22-23-33(52-6)32(25-31)42-38(48)35(36(46)40(3,4)5)44-34(45)27-43(39(44)49)26-30-20-17-16-18-21-30/h16-18,20-23,25,29,35H,7-15,19,24,26-28H2,1-6H3,(H,41,47)(H,42,48). The van der Waals surface area contributed by atoms with Crippen molar-refractivity contribution in [1.82, 2.24) is 9.80 Å². The van der Waals surface area contributed by atoms with Gasteiger partial charge in [0.1, 0.15) is 12.3 Å². The van der Waals surface area contributed by atoms with Crippen LogP contribution in [0, 0.1) is 11.3 Å². The largest absolute Gasteiger partial charge is 0.495 e. The number of imide groups is 1. The van der Waals surface area contributed by atoms with Crippen LogP contribution in [-0.2, 0) is 35.6 Å². The summed E-state index contributed by atoms with van der Waals surface area (Å²) in [6, 6.07) is 11.0. The van der Waals surface area contributed by atoms with Gasteiger partial charge in [0.15, 0.2) is 21.7 Å². The number of benzene rings is 2. The smallest absolute Gasteiger partial charge is 0.328 e. The molecular weight excluding hydrogens is 697 g/mol. The number of Topliss-reactive ketones (excluding diaryl/α,β-unsaturated/α-hetero) is 1. The number of ether oxygens (including phenoxy) is 1. The normalized spacial score (nSPS) is 14.6. The highest BCUT2D eigenvalue weighted by molar-refractivity contribution is 7.91. The van der Waals surface area contributed by atoms with E-state index in [2.05, 4.69) is 17.6 Å². The Balaban J connectivity index is 1.65. The summed E-state index contributed by atoms with van der Waals surface area (Å²) < 4.78 is 31.1. The fraction of sp³-hybridized carbons (Fsp3) is 0.575. The van der Waals surface area contributed by atoms with E-state index in [9.17, 15) is 32.4 Å². The van der Waals surface area contributed by atoms with Gasteiger partial charge < -0.3 is 20.3 Å². The minimum Gasteiger partial charge on any atom is -0.495 e. The molecule has 2 aromatic rings. The molecule has 1 saturated heterocycles. The lowest BCUT2D eigenvalue weighted by Gasteiger charge is -2.29. The Morgan fingerprint density at radius 1 is 0.849 bits per heavy atom. The molecule has 13 heteroatoms. The maximum absolute atomic E-state index is 13.9. The number of hydrogen-bond acceptors (Lipinski definition) is 8. The fourth-order valence-corrected chi connectivity index (χ4v) is 7.93. The summed E-state index contributed by atoms with van der Waals surface area (Å²) in [6.07, 6.45) is 10.9. The topological polar surface area (TPSA) is 159 Å². The number of carbonyl (C=O) groups excluding carboxylic acids is 5. The summed E-state index contributed by atoms with van der Waals surface area (Å²) in [6.45, 7) is 8.35. The first kappa shape index (κ1) is 43.1. The Labute approximate surface area is 315 Å². The zero-order valence-electron chi connectivity index (χ0n) is 32.2. The Hall–Kier alpha value is -4.26. The Morgan fingerprint density at radius 2 is 1.45 bits per heavy atom. The highest BCUT2D eigenvalue weighted by Crippen LogP contribution is 2.31. The third-order valence-electron chi connectivity index (χ3n) is 9.27. The van der Waals surface area contributed by atoms with E-state index < -0.39 is 56.7 Å². The Morgan fingerprint density at radius 3 is 2.04 bits per heavy atom. The van der Waals surface area contributed by atoms with Crippen molar-refractivity contribution in [3.63, 3.8) is 0 Å². The van der Waals surface area contributed by atoms with E-state index in [0.29, 0.717) is 11.3 Å². The minimum atomic E-state index is -3.46. The molecule has 0 radical (unpaired) electrons. The van der Waals surface area contributed by atoms with Crippen molar-refractivity contribution in [2.24, 2.45) is 11.3 Å². The molecule has 0 aromatic heterocycles. The number of ketones is 1. The van der Waals surface area contributed by atoms with Gasteiger partial charge in [0.05, 0.1) is 24.3 Å². The van der Waals surface area contributed by atoms with Gasteiger partial charge in [-0.2, -0.15) is 0 Å². The van der Waals surface area contributed by atoms with Crippen LogP contribution in [0.5, 0.6) is 5.75 Å². The average molecular weight is 755 g/mol. The SMILES string of the molecule is CCCCCCCCCCCCS(=O)(=O)CC(C)C(=O)Nc1ccc(OC)c(NC(=O)C(C(=O)C(C)(C)C)N2C(=O)CN(Cc3ccccc3)C2=O)c1. The second kappa shape index (κ2) is 20.3. The number of hydrogen-bond donors (Lipinski definition) is 2. The molecule has 2 unspecified atom stereocenters.